The highest BCUT2D eigenvalue weighted by atomic mass is 16.3. The number of phenolic OH excluding ortho intramolecular Hbond substituents is 1. The summed E-state index contributed by atoms with van der Waals surface area (Å²) < 4.78 is 0. The summed E-state index contributed by atoms with van der Waals surface area (Å²) >= 11 is 0. The van der Waals surface area contributed by atoms with E-state index in [9.17, 15) is 9.90 Å². The number of aromatic amines is 1. The van der Waals surface area contributed by atoms with Gasteiger partial charge in [-0.2, -0.15) is 5.26 Å². The van der Waals surface area contributed by atoms with E-state index in [4.69, 9.17) is 11.0 Å². The highest BCUT2D eigenvalue weighted by molar-refractivity contribution is 6.03. The summed E-state index contributed by atoms with van der Waals surface area (Å²) in [6, 6.07) is 6.53. The zero-order valence-corrected chi connectivity index (χ0v) is 8.77. The van der Waals surface area contributed by atoms with Crippen LogP contribution in [-0.4, -0.2) is 16.0 Å². The van der Waals surface area contributed by atoms with Gasteiger partial charge in [0.25, 0.3) is 5.91 Å². The Morgan fingerprint density at radius 3 is 2.94 bits per heavy atom. The van der Waals surface area contributed by atoms with Crippen LogP contribution in [0.3, 0.4) is 0 Å². The number of nitrogens with two attached hydrogens (primary N) is 1. The normalized spacial score (nSPS) is 11.4. The minimum atomic E-state index is -0.776. The highest BCUT2D eigenvalue weighted by Crippen LogP contribution is 2.24. The second-order valence-corrected chi connectivity index (χ2v) is 3.51. The van der Waals surface area contributed by atoms with Gasteiger partial charge < -0.3 is 15.8 Å². The molecule has 0 saturated carbocycles. The number of nitrogens with zero attached hydrogens (tertiary/aromatic N) is 1. The van der Waals surface area contributed by atoms with Crippen molar-refractivity contribution in [1.82, 2.24) is 4.98 Å². The Hall–Kier alpha value is -2.74. The van der Waals surface area contributed by atoms with Crippen LogP contribution >= 0.6 is 0 Å². The lowest BCUT2D eigenvalue weighted by molar-refractivity contribution is -0.114. The van der Waals surface area contributed by atoms with E-state index in [1.807, 2.05) is 0 Å². The first kappa shape index (κ1) is 10.8. The van der Waals surface area contributed by atoms with E-state index in [1.54, 1.807) is 30.5 Å². The van der Waals surface area contributed by atoms with E-state index in [1.165, 1.54) is 6.08 Å². The molecule has 1 heterocycles. The molecular weight excluding hydrogens is 218 g/mol. The summed E-state index contributed by atoms with van der Waals surface area (Å²) in [5.74, 6) is -0.661. The quantitative estimate of drug-likeness (QED) is 0.531. The number of phenols is 1. The first-order valence-electron chi connectivity index (χ1n) is 4.83. The Bertz CT molecular complexity index is 662. The highest BCUT2D eigenvalue weighted by Gasteiger charge is 2.07. The third-order valence-corrected chi connectivity index (χ3v) is 2.38. The van der Waals surface area contributed by atoms with Gasteiger partial charge in [-0.15, -0.1) is 0 Å². The SMILES string of the molecule is N#CC(=Cc1c[nH]c2ccc(O)cc12)C(N)=O. The fourth-order valence-electron chi connectivity index (χ4n) is 1.56. The Morgan fingerprint density at radius 1 is 1.53 bits per heavy atom. The fourth-order valence-corrected chi connectivity index (χ4v) is 1.56. The molecular formula is C12H9N3O2. The van der Waals surface area contributed by atoms with Crippen molar-refractivity contribution in [3.63, 3.8) is 0 Å². The zero-order valence-electron chi connectivity index (χ0n) is 8.77. The van der Waals surface area contributed by atoms with Gasteiger partial charge in [-0.3, -0.25) is 4.79 Å². The number of benzene rings is 1. The number of hydrogen-bond donors (Lipinski definition) is 3. The lowest BCUT2D eigenvalue weighted by Crippen LogP contribution is -2.12. The van der Waals surface area contributed by atoms with Gasteiger partial charge in [0.15, 0.2) is 0 Å². The number of carbonyl (C=O) groups is 1. The van der Waals surface area contributed by atoms with Crippen LogP contribution in [0.1, 0.15) is 5.56 Å². The minimum Gasteiger partial charge on any atom is -0.508 e. The Kier molecular flexibility index (Phi) is 2.55. The molecule has 0 unspecified atom stereocenters. The van der Waals surface area contributed by atoms with Crippen molar-refractivity contribution in [1.29, 1.82) is 5.26 Å². The second kappa shape index (κ2) is 4.02. The molecule has 1 aromatic heterocycles. The molecule has 4 N–H and O–H groups in total. The van der Waals surface area contributed by atoms with Crippen molar-refractivity contribution >= 4 is 22.9 Å². The van der Waals surface area contributed by atoms with Crippen LogP contribution in [-0.2, 0) is 4.79 Å². The molecule has 0 bridgehead atoms. The van der Waals surface area contributed by atoms with Crippen LogP contribution in [0, 0.1) is 11.3 Å². The summed E-state index contributed by atoms with van der Waals surface area (Å²) in [6.45, 7) is 0. The summed E-state index contributed by atoms with van der Waals surface area (Å²) in [5.41, 5.74) is 6.35. The predicted octanol–water partition coefficient (Wildman–Crippen LogP) is 1.27. The maximum Gasteiger partial charge on any atom is 0.259 e. The second-order valence-electron chi connectivity index (χ2n) is 3.51. The van der Waals surface area contributed by atoms with Gasteiger partial charge in [-0.05, 0) is 24.3 Å². The Labute approximate surface area is 96.8 Å². The van der Waals surface area contributed by atoms with Gasteiger partial charge in [-0.1, -0.05) is 0 Å². The molecule has 1 aromatic carbocycles. The molecule has 5 nitrogen and oxygen atoms in total. The summed E-state index contributed by atoms with van der Waals surface area (Å²) in [4.78, 5) is 13.9. The van der Waals surface area contributed by atoms with Crippen molar-refractivity contribution in [2.24, 2.45) is 5.73 Å². The van der Waals surface area contributed by atoms with Gasteiger partial charge in [-0.25, -0.2) is 0 Å². The molecule has 0 aliphatic heterocycles. The lowest BCUT2D eigenvalue weighted by atomic mass is 10.1. The van der Waals surface area contributed by atoms with Crippen molar-refractivity contribution < 1.29 is 9.90 Å². The Balaban J connectivity index is 2.61. The predicted molar refractivity (Wildman–Crippen MR) is 62.7 cm³/mol. The van der Waals surface area contributed by atoms with Crippen LogP contribution in [0.4, 0.5) is 0 Å². The van der Waals surface area contributed by atoms with Crippen LogP contribution < -0.4 is 5.73 Å². The standard InChI is InChI=1S/C12H9N3O2/c13-5-7(12(14)17)3-8-6-15-11-2-1-9(16)4-10(8)11/h1-4,6,15-16H,(H2,14,17). The number of rotatable bonds is 2. The molecule has 0 aliphatic rings. The first-order chi connectivity index (χ1) is 8.11. The van der Waals surface area contributed by atoms with E-state index in [-0.39, 0.29) is 11.3 Å². The van der Waals surface area contributed by atoms with E-state index in [2.05, 4.69) is 4.98 Å². The van der Waals surface area contributed by atoms with Gasteiger partial charge in [0.05, 0.1) is 0 Å². The smallest absolute Gasteiger partial charge is 0.259 e. The minimum absolute atomic E-state index is 0.115. The zero-order chi connectivity index (χ0) is 12.4. The van der Waals surface area contributed by atoms with Crippen molar-refractivity contribution in [2.75, 3.05) is 0 Å². The molecule has 1 amide bonds. The number of nitriles is 1. The maximum absolute atomic E-state index is 10.9. The number of fused-ring (bicyclic) bond motifs is 1. The molecule has 2 rings (SSSR count). The number of H-pyrrole nitrogens is 1. The third kappa shape index (κ3) is 1.96. The first-order valence-corrected chi connectivity index (χ1v) is 4.83. The van der Waals surface area contributed by atoms with E-state index in [0.29, 0.717) is 5.56 Å². The lowest BCUT2D eigenvalue weighted by Gasteiger charge is -1.95. The molecule has 0 atom stereocenters. The molecule has 5 heteroatoms. The number of primary amides is 1. The molecule has 0 spiro atoms. The van der Waals surface area contributed by atoms with E-state index in [0.717, 1.165) is 10.9 Å². The molecule has 2 aromatic rings. The number of aromatic nitrogens is 1. The maximum atomic E-state index is 10.9. The molecule has 17 heavy (non-hydrogen) atoms. The van der Waals surface area contributed by atoms with Crippen LogP contribution in [0.5, 0.6) is 5.75 Å². The third-order valence-electron chi connectivity index (χ3n) is 2.38. The van der Waals surface area contributed by atoms with Crippen molar-refractivity contribution in [2.45, 2.75) is 0 Å². The average molecular weight is 227 g/mol. The largest absolute Gasteiger partial charge is 0.508 e. The fraction of sp³-hybridized carbons (Fsp3) is 0. The molecule has 0 saturated heterocycles. The van der Waals surface area contributed by atoms with Gasteiger partial charge in [0, 0.05) is 22.7 Å². The van der Waals surface area contributed by atoms with Gasteiger partial charge in [0.1, 0.15) is 17.4 Å². The molecule has 0 radical (unpaired) electrons. The molecule has 84 valence electrons. The van der Waals surface area contributed by atoms with Gasteiger partial charge >= 0.3 is 0 Å². The Morgan fingerprint density at radius 2 is 2.29 bits per heavy atom. The number of nitrogens with one attached hydrogen (secondary N) is 1. The van der Waals surface area contributed by atoms with Crippen molar-refractivity contribution in [3.8, 4) is 11.8 Å². The van der Waals surface area contributed by atoms with Crippen molar-refractivity contribution in [3.05, 3.63) is 35.5 Å². The monoisotopic (exact) mass is 227 g/mol. The number of aromatic hydroxyl groups is 1. The topological polar surface area (TPSA) is 103 Å². The molecule has 0 fully saturated rings. The number of carbonyl (C=O) groups excluding carboxylic acids is 1. The summed E-state index contributed by atoms with van der Waals surface area (Å²) in [7, 11) is 0. The van der Waals surface area contributed by atoms with Gasteiger partial charge in [0.2, 0.25) is 0 Å². The number of hydrogen-bond acceptors (Lipinski definition) is 3. The van der Waals surface area contributed by atoms with E-state index >= 15 is 0 Å². The van der Waals surface area contributed by atoms with Crippen LogP contribution in [0.15, 0.2) is 30.0 Å². The summed E-state index contributed by atoms with van der Waals surface area (Å²) in [5, 5.41) is 18.8. The summed E-state index contributed by atoms with van der Waals surface area (Å²) in [6.07, 6.45) is 3.03. The van der Waals surface area contributed by atoms with E-state index < -0.39 is 5.91 Å². The molecule has 0 aliphatic carbocycles. The average Bonchev–Trinajstić information content (AvgIpc) is 2.68. The van der Waals surface area contributed by atoms with Crippen LogP contribution in [0.25, 0.3) is 17.0 Å². The number of amides is 1. The van der Waals surface area contributed by atoms with Crippen LogP contribution in [0.2, 0.25) is 0 Å².